The summed E-state index contributed by atoms with van der Waals surface area (Å²) in [5, 5.41) is 0.0788. The van der Waals surface area contributed by atoms with Crippen LogP contribution in [0.5, 0.6) is 0 Å². The summed E-state index contributed by atoms with van der Waals surface area (Å²) in [5.74, 6) is 0. The van der Waals surface area contributed by atoms with Gasteiger partial charge in [0.2, 0.25) is 19.9 Å². The van der Waals surface area contributed by atoms with Crippen molar-refractivity contribution in [2.24, 2.45) is 0 Å². The third kappa shape index (κ3) is 4.87. The van der Waals surface area contributed by atoms with Crippen molar-refractivity contribution in [3.05, 3.63) is 71.8 Å². The number of nitrogens with one attached hydrogen (secondary N) is 1. The number of nitrogens with zero attached hydrogens (tertiary/aromatic N) is 2. The molecule has 29 heavy (non-hydrogen) atoms. The lowest BCUT2D eigenvalue weighted by Crippen LogP contribution is -2.26. The zero-order chi connectivity index (χ0) is 21.1. The highest BCUT2D eigenvalue weighted by atomic mass is 35.5. The van der Waals surface area contributed by atoms with Gasteiger partial charge in [0.15, 0.2) is 0 Å². The summed E-state index contributed by atoms with van der Waals surface area (Å²) in [6.07, 6.45) is 5.66. The molecule has 0 bridgehead atoms. The molecule has 0 aliphatic carbocycles. The lowest BCUT2D eigenvalue weighted by atomic mass is 10.2. The Morgan fingerprint density at radius 3 is 2.52 bits per heavy atom. The first kappa shape index (κ1) is 21.5. The first-order valence-electron chi connectivity index (χ1n) is 8.77. The Bertz CT molecular complexity index is 1210. The average molecular weight is 454 g/mol. The molecule has 0 radical (unpaired) electrons. The van der Waals surface area contributed by atoms with Crippen molar-refractivity contribution in [3.8, 4) is 0 Å². The van der Waals surface area contributed by atoms with Crippen molar-refractivity contribution in [2.75, 3.05) is 6.54 Å². The third-order valence-electron chi connectivity index (χ3n) is 4.33. The maximum Gasteiger partial charge on any atom is 0.240 e. The van der Waals surface area contributed by atoms with Crippen LogP contribution in [-0.4, -0.2) is 32.9 Å². The fourth-order valence-corrected chi connectivity index (χ4v) is 6.01. The number of aromatic nitrogens is 2. The normalized spacial score (nSPS) is 12.2. The van der Waals surface area contributed by atoms with E-state index >= 15 is 0 Å². The van der Waals surface area contributed by atoms with Crippen molar-refractivity contribution >= 4 is 31.5 Å². The van der Waals surface area contributed by atoms with Crippen molar-refractivity contribution < 1.29 is 16.8 Å². The third-order valence-corrected chi connectivity index (χ3v) is 8.18. The Hall–Kier alpha value is -2.20. The SMILES string of the molecule is Cc1ccc(S(=O)(=O)c2ccccc2Cl)cc1S(=O)(=O)NCCCn1ccnc1. The minimum Gasteiger partial charge on any atom is -0.337 e. The molecule has 3 aromatic rings. The summed E-state index contributed by atoms with van der Waals surface area (Å²) in [4.78, 5) is 3.66. The second-order valence-corrected chi connectivity index (χ2v) is 10.5. The van der Waals surface area contributed by atoms with Gasteiger partial charge >= 0.3 is 0 Å². The van der Waals surface area contributed by atoms with Crippen molar-refractivity contribution in [1.82, 2.24) is 14.3 Å². The number of sulfone groups is 1. The first-order valence-corrected chi connectivity index (χ1v) is 12.1. The quantitative estimate of drug-likeness (QED) is 0.528. The number of hydrogen-bond acceptors (Lipinski definition) is 5. The highest BCUT2D eigenvalue weighted by molar-refractivity contribution is 7.92. The maximum atomic E-state index is 12.9. The predicted molar refractivity (Wildman–Crippen MR) is 110 cm³/mol. The number of rotatable bonds is 8. The summed E-state index contributed by atoms with van der Waals surface area (Å²) in [6, 6.07) is 10.1. The Balaban J connectivity index is 1.83. The van der Waals surface area contributed by atoms with E-state index in [1.165, 1.54) is 30.3 Å². The van der Waals surface area contributed by atoms with Gasteiger partial charge in [-0.2, -0.15) is 0 Å². The van der Waals surface area contributed by atoms with Crippen LogP contribution in [0.25, 0.3) is 0 Å². The van der Waals surface area contributed by atoms with E-state index in [4.69, 9.17) is 11.6 Å². The highest BCUT2D eigenvalue weighted by Gasteiger charge is 2.24. The van der Waals surface area contributed by atoms with Gasteiger partial charge in [0.1, 0.15) is 0 Å². The molecule has 0 aliphatic rings. The lowest BCUT2D eigenvalue weighted by Gasteiger charge is -2.12. The molecule has 0 aliphatic heterocycles. The molecule has 3 rings (SSSR count). The lowest BCUT2D eigenvalue weighted by molar-refractivity contribution is 0.569. The summed E-state index contributed by atoms with van der Waals surface area (Å²) in [7, 11) is -7.84. The molecular weight excluding hydrogens is 434 g/mol. The molecule has 7 nitrogen and oxygen atoms in total. The second kappa shape index (κ2) is 8.66. The fraction of sp³-hybridized carbons (Fsp3) is 0.211. The van der Waals surface area contributed by atoms with Crippen LogP contribution < -0.4 is 4.72 Å². The van der Waals surface area contributed by atoms with Crippen LogP contribution in [-0.2, 0) is 26.4 Å². The van der Waals surface area contributed by atoms with Gasteiger partial charge in [-0.25, -0.2) is 26.5 Å². The molecule has 0 unspecified atom stereocenters. The summed E-state index contributed by atoms with van der Waals surface area (Å²) in [6.45, 7) is 2.44. The van der Waals surface area contributed by atoms with Crippen molar-refractivity contribution in [1.29, 1.82) is 0 Å². The Kier molecular flexibility index (Phi) is 6.42. The minimum atomic E-state index is -3.96. The number of benzene rings is 2. The summed E-state index contributed by atoms with van der Waals surface area (Å²) < 4.78 is 55.7. The average Bonchev–Trinajstić information content (AvgIpc) is 3.19. The van der Waals surface area contributed by atoms with Crippen LogP contribution in [0.15, 0.2) is 75.9 Å². The Labute approximate surface area is 175 Å². The topological polar surface area (TPSA) is 98.1 Å². The maximum absolute atomic E-state index is 12.9. The van der Waals surface area contributed by atoms with Crippen LogP contribution in [0.3, 0.4) is 0 Å². The van der Waals surface area contributed by atoms with E-state index in [2.05, 4.69) is 9.71 Å². The molecule has 154 valence electrons. The van der Waals surface area contributed by atoms with Gasteiger partial charge in [-0.05, 0) is 43.2 Å². The molecule has 0 atom stereocenters. The zero-order valence-corrected chi connectivity index (χ0v) is 18.0. The molecule has 0 fully saturated rings. The van der Waals surface area contributed by atoms with Gasteiger partial charge in [-0.15, -0.1) is 0 Å². The van der Waals surface area contributed by atoms with Gasteiger partial charge in [-0.1, -0.05) is 29.8 Å². The molecule has 1 aromatic heterocycles. The molecular formula is C19H20ClN3O4S2. The molecule has 1 N–H and O–H groups in total. The Morgan fingerprint density at radius 2 is 1.83 bits per heavy atom. The van der Waals surface area contributed by atoms with Crippen LogP contribution in [0.1, 0.15) is 12.0 Å². The fourth-order valence-electron chi connectivity index (χ4n) is 2.79. The molecule has 0 saturated heterocycles. The van der Waals surface area contributed by atoms with E-state index in [0.717, 1.165) is 0 Å². The zero-order valence-electron chi connectivity index (χ0n) is 15.6. The second-order valence-electron chi connectivity index (χ2n) is 6.41. The summed E-state index contributed by atoms with van der Waals surface area (Å²) >= 11 is 6.03. The van der Waals surface area contributed by atoms with Gasteiger partial charge in [0.25, 0.3) is 0 Å². The van der Waals surface area contributed by atoms with Gasteiger partial charge < -0.3 is 4.57 Å². The van der Waals surface area contributed by atoms with Crippen LogP contribution in [0.2, 0.25) is 5.02 Å². The van der Waals surface area contributed by atoms with Gasteiger partial charge in [0.05, 0.1) is 26.0 Å². The highest BCUT2D eigenvalue weighted by Crippen LogP contribution is 2.29. The van der Waals surface area contributed by atoms with E-state index in [-0.39, 0.29) is 26.3 Å². The molecule has 10 heteroatoms. The van der Waals surface area contributed by atoms with Gasteiger partial charge in [0, 0.05) is 25.5 Å². The summed E-state index contributed by atoms with van der Waals surface area (Å²) in [5.41, 5.74) is 0.449. The van der Waals surface area contributed by atoms with E-state index in [1.807, 2.05) is 4.57 Å². The predicted octanol–water partition coefficient (Wildman–Crippen LogP) is 3.05. The first-order chi connectivity index (χ1) is 13.7. The standard InChI is InChI=1S/C19H20ClN3O4S2/c1-15-7-8-16(28(24,25)18-6-3-2-5-17(18)20)13-19(15)29(26,27)22-9-4-11-23-12-10-21-14-23/h2-3,5-8,10,12-14,22H,4,9,11H2,1H3. The molecule has 0 amide bonds. The monoisotopic (exact) mass is 453 g/mol. The molecule has 2 aromatic carbocycles. The number of imidazole rings is 1. The largest absolute Gasteiger partial charge is 0.337 e. The van der Waals surface area contributed by atoms with E-state index in [9.17, 15) is 16.8 Å². The van der Waals surface area contributed by atoms with Crippen molar-refractivity contribution in [3.63, 3.8) is 0 Å². The van der Waals surface area contributed by atoms with E-state index < -0.39 is 19.9 Å². The molecule has 0 spiro atoms. The number of aryl methyl sites for hydroxylation is 2. The number of hydrogen-bond donors (Lipinski definition) is 1. The number of halogens is 1. The number of sulfonamides is 1. The van der Waals surface area contributed by atoms with Crippen LogP contribution in [0.4, 0.5) is 0 Å². The van der Waals surface area contributed by atoms with E-state index in [1.54, 1.807) is 37.8 Å². The molecule has 1 heterocycles. The van der Waals surface area contributed by atoms with Crippen LogP contribution in [0, 0.1) is 6.92 Å². The molecule has 0 saturated carbocycles. The smallest absolute Gasteiger partial charge is 0.240 e. The van der Waals surface area contributed by atoms with Crippen molar-refractivity contribution in [2.45, 2.75) is 34.6 Å². The van der Waals surface area contributed by atoms with Gasteiger partial charge in [-0.3, -0.25) is 0 Å². The minimum absolute atomic E-state index is 0.0674. The van der Waals surface area contributed by atoms with E-state index in [0.29, 0.717) is 18.5 Å². The Morgan fingerprint density at radius 1 is 1.07 bits per heavy atom. The van der Waals surface area contributed by atoms with Crippen LogP contribution >= 0.6 is 11.6 Å².